The molecule has 1 unspecified atom stereocenters. The van der Waals surface area contributed by atoms with Gasteiger partial charge in [-0.2, -0.15) is 0 Å². The topological polar surface area (TPSA) is 26.0 Å². The summed E-state index contributed by atoms with van der Waals surface area (Å²) in [6, 6.07) is 11.8. The normalized spacial score (nSPS) is 14.0. The van der Waals surface area contributed by atoms with Crippen LogP contribution in [0.1, 0.15) is 51.0 Å². The Bertz CT molecular complexity index is 478. The predicted octanol–water partition coefficient (Wildman–Crippen LogP) is 5.54. The molecule has 0 heterocycles. The Morgan fingerprint density at radius 3 is 2.32 bits per heavy atom. The Balaban J connectivity index is 2.72. The van der Waals surface area contributed by atoms with Crippen LogP contribution in [0.2, 0.25) is 25.7 Å². The molecule has 22 heavy (non-hydrogen) atoms. The van der Waals surface area contributed by atoms with Crippen molar-refractivity contribution >= 4 is 8.07 Å². The number of benzene rings is 1. The third-order valence-corrected chi connectivity index (χ3v) is 5.86. The molecule has 1 nitrogen and oxygen atoms in total. The van der Waals surface area contributed by atoms with Gasteiger partial charge in [-0.05, 0) is 18.4 Å². The maximum Gasteiger partial charge on any atom is 0.103 e. The van der Waals surface area contributed by atoms with E-state index in [1.54, 1.807) is 0 Å². The van der Waals surface area contributed by atoms with E-state index in [2.05, 4.69) is 62.7 Å². The van der Waals surface area contributed by atoms with Crippen LogP contribution in [0.15, 0.2) is 30.3 Å². The van der Waals surface area contributed by atoms with Gasteiger partial charge in [0.05, 0.1) is 0 Å². The van der Waals surface area contributed by atoms with Crippen LogP contribution in [0.25, 0.3) is 0 Å². The number of nitrogens with two attached hydrogens (primary N) is 1. The van der Waals surface area contributed by atoms with E-state index in [4.69, 9.17) is 5.73 Å². The standard InChI is InChI=1S/C20H33NSi/c1-5-6-7-11-16-20(21,19-14-9-8-10-15-19)17-12-13-18-22(2,3)4/h8-10,14-15H,5-7,12-13,17-18,21H2,1-4H3. The lowest BCUT2D eigenvalue weighted by molar-refractivity contribution is 0.502. The van der Waals surface area contributed by atoms with Crippen molar-refractivity contribution in [2.45, 2.75) is 76.7 Å². The molecule has 0 radical (unpaired) electrons. The van der Waals surface area contributed by atoms with Crippen LogP contribution in [-0.2, 0) is 5.54 Å². The molecule has 0 aromatic heterocycles. The second-order valence-electron chi connectivity index (χ2n) is 7.51. The zero-order valence-electron chi connectivity index (χ0n) is 14.9. The summed E-state index contributed by atoms with van der Waals surface area (Å²) in [5, 5.41) is 0. The highest BCUT2D eigenvalue weighted by Gasteiger charge is 2.24. The lowest BCUT2D eigenvalue weighted by Gasteiger charge is -2.25. The second-order valence-corrected chi connectivity index (χ2v) is 13.1. The number of hydrogen-bond donors (Lipinski definition) is 1. The van der Waals surface area contributed by atoms with Gasteiger partial charge in [-0.1, -0.05) is 88.1 Å². The fourth-order valence-electron chi connectivity index (χ4n) is 2.56. The van der Waals surface area contributed by atoms with E-state index in [9.17, 15) is 0 Å². The molecule has 0 bridgehead atoms. The van der Waals surface area contributed by atoms with Gasteiger partial charge in [0.1, 0.15) is 5.54 Å². The van der Waals surface area contributed by atoms with Gasteiger partial charge in [-0.15, -0.1) is 5.92 Å². The van der Waals surface area contributed by atoms with E-state index in [1.165, 1.54) is 18.9 Å². The van der Waals surface area contributed by atoms with Crippen molar-refractivity contribution < 1.29 is 0 Å². The van der Waals surface area contributed by atoms with Crippen LogP contribution in [0.4, 0.5) is 0 Å². The van der Waals surface area contributed by atoms with Crippen LogP contribution in [0, 0.1) is 11.8 Å². The summed E-state index contributed by atoms with van der Waals surface area (Å²) in [4.78, 5) is 0. The first-order chi connectivity index (χ1) is 10.4. The lowest BCUT2D eigenvalue weighted by Crippen LogP contribution is -2.35. The zero-order chi connectivity index (χ0) is 16.5. The highest BCUT2D eigenvalue weighted by Crippen LogP contribution is 2.25. The summed E-state index contributed by atoms with van der Waals surface area (Å²) in [6.07, 6.45) is 6.70. The van der Waals surface area contributed by atoms with Gasteiger partial charge in [0.15, 0.2) is 0 Å². The molecule has 2 heteroatoms. The molecule has 0 aliphatic carbocycles. The Labute approximate surface area is 138 Å². The predicted molar refractivity (Wildman–Crippen MR) is 102 cm³/mol. The Kier molecular flexibility index (Phi) is 7.93. The van der Waals surface area contributed by atoms with E-state index in [1.807, 2.05) is 6.07 Å². The van der Waals surface area contributed by atoms with Crippen molar-refractivity contribution in [3.63, 3.8) is 0 Å². The van der Waals surface area contributed by atoms with Crippen molar-refractivity contribution in [2.75, 3.05) is 0 Å². The number of hydrogen-bond acceptors (Lipinski definition) is 1. The number of unbranched alkanes of at least 4 members (excludes halogenated alkanes) is 3. The molecular weight excluding hydrogens is 282 g/mol. The molecule has 0 aliphatic heterocycles. The molecule has 0 aliphatic rings. The fraction of sp³-hybridized carbons (Fsp3) is 0.600. The maximum atomic E-state index is 6.69. The van der Waals surface area contributed by atoms with E-state index < -0.39 is 13.6 Å². The third-order valence-electron chi connectivity index (χ3n) is 4.00. The van der Waals surface area contributed by atoms with Gasteiger partial charge in [-0.3, -0.25) is 0 Å². The van der Waals surface area contributed by atoms with Crippen molar-refractivity contribution in [1.29, 1.82) is 0 Å². The first-order valence-electron chi connectivity index (χ1n) is 8.72. The molecule has 1 aromatic rings. The molecule has 2 N–H and O–H groups in total. The van der Waals surface area contributed by atoms with Gasteiger partial charge in [0.25, 0.3) is 0 Å². The minimum Gasteiger partial charge on any atom is -0.311 e. The van der Waals surface area contributed by atoms with Crippen LogP contribution in [0.3, 0.4) is 0 Å². The second kappa shape index (κ2) is 9.18. The van der Waals surface area contributed by atoms with Crippen molar-refractivity contribution in [3.8, 4) is 11.8 Å². The monoisotopic (exact) mass is 315 g/mol. The average Bonchev–Trinajstić information content (AvgIpc) is 2.48. The minimum atomic E-state index is -0.946. The van der Waals surface area contributed by atoms with Gasteiger partial charge in [-0.25, -0.2) is 0 Å². The van der Waals surface area contributed by atoms with E-state index in [0.717, 1.165) is 31.2 Å². The largest absolute Gasteiger partial charge is 0.311 e. The summed E-state index contributed by atoms with van der Waals surface area (Å²) in [5.41, 5.74) is 7.37. The Morgan fingerprint density at radius 1 is 1.05 bits per heavy atom. The quantitative estimate of drug-likeness (QED) is 0.380. The van der Waals surface area contributed by atoms with Crippen LogP contribution in [0.5, 0.6) is 0 Å². The third kappa shape index (κ3) is 7.29. The van der Waals surface area contributed by atoms with Gasteiger partial charge in [0.2, 0.25) is 0 Å². The fourth-order valence-corrected chi connectivity index (χ4v) is 3.87. The summed E-state index contributed by atoms with van der Waals surface area (Å²) >= 11 is 0. The summed E-state index contributed by atoms with van der Waals surface area (Å²) in [6.45, 7) is 9.50. The van der Waals surface area contributed by atoms with Crippen molar-refractivity contribution in [2.24, 2.45) is 5.73 Å². The highest BCUT2D eigenvalue weighted by atomic mass is 28.3. The molecule has 0 spiro atoms. The van der Waals surface area contributed by atoms with Gasteiger partial charge < -0.3 is 5.73 Å². The molecule has 0 saturated carbocycles. The summed E-state index contributed by atoms with van der Waals surface area (Å²) in [5.74, 6) is 6.70. The molecule has 0 amide bonds. The van der Waals surface area contributed by atoms with Crippen molar-refractivity contribution in [3.05, 3.63) is 35.9 Å². The number of rotatable bonds is 8. The molecule has 1 aromatic carbocycles. The first kappa shape index (κ1) is 19.0. The van der Waals surface area contributed by atoms with Crippen molar-refractivity contribution in [1.82, 2.24) is 0 Å². The molecule has 0 saturated heterocycles. The molecule has 122 valence electrons. The average molecular weight is 316 g/mol. The smallest absolute Gasteiger partial charge is 0.103 e. The molecule has 1 atom stereocenters. The Morgan fingerprint density at radius 2 is 1.73 bits per heavy atom. The van der Waals surface area contributed by atoms with Crippen LogP contribution in [-0.4, -0.2) is 8.07 Å². The first-order valence-corrected chi connectivity index (χ1v) is 12.4. The zero-order valence-corrected chi connectivity index (χ0v) is 15.9. The van der Waals surface area contributed by atoms with E-state index in [0.29, 0.717) is 0 Å². The maximum absolute atomic E-state index is 6.69. The summed E-state index contributed by atoms with van der Waals surface area (Å²) in [7, 11) is -0.946. The highest BCUT2D eigenvalue weighted by molar-refractivity contribution is 6.76. The van der Waals surface area contributed by atoms with E-state index >= 15 is 0 Å². The Hall–Kier alpha value is -1.04. The van der Waals surface area contributed by atoms with Crippen LogP contribution >= 0.6 is 0 Å². The van der Waals surface area contributed by atoms with E-state index in [-0.39, 0.29) is 0 Å². The van der Waals surface area contributed by atoms with Crippen LogP contribution < -0.4 is 5.73 Å². The minimum absolute atomic E-state index is 0.478. The molecule has 0 fully saturated rings. The lowest BCUT2D eigenvalue weighted by atomic mass is 9.86. The van der Waals surface area contributed by atoms with Gasteiger partial charge in [0, 0.05) is 14.5 Å². The summed E-state index contributed by atoms with van der Waals surface area (Å²) < 4.78 is 0. The molecule has 1 rings (SSSR count). The molecular formula is C20H33NSi. The SMILES string of the molecule is CCCCC#CC(N)(CCCC[Si](C)(C)C)c1ccccc1. The van der Waals surface area contributed by atoms with Gasteiger partial charge >= 0.3 is 0 Å².